The lowest BCUT2D eigenvalue weighted by Crippen LogP contribution is -2.56. The van der Waals surface area contributed by atoms with Crippen LogP contribution in [0.3, 0.4) is 0 Å². The molecule has 0 saturated carbocycles. The van der Waals surface area contributed by atoms with Crippen molar-refractivity contribution in [3.05, 3.63) is 0 Å². The summed E-state index contributed by atoms with van der Waals surface area (Å²) in [6, 6.07) is 0. The quantitative estimate of drug-likeness (QED) is 0.515. The normalized spacial score (nSPS) is 21.5. The number of guanidine groups is 1. The number of alkyl halides is 3. The topological polar surface area (TPSA) is 62.3 Å². The molecule has 4 nitrogen and oxygen atoms in total. The molecule has 0 aromatic carbocycles. The van der Waals surface area contributed by atoms with Gasteiger partial charge in [0, 0.05) is 33.0 Å². The van der Waals surface area contributed by atoms with Gasteiger partial charge in [-0.1, -0.05) is 0 Å². The highest BCUT2D eigenvalue weighted by molar-refractivity contribution is 5.74. The van der Waals surface area contributed by atoms with Gasteiger partial charge in [0.25, 0.3) is 0 Å². The molecule has 1 heterocycles. The van der Waals surface area contributed by atoms with Gasteiger partial charge in [0.05, 0.1) is 0 Å². The van der Waals surface area contributed by atoms with Crippen LogP contribution in [0.5, 0.6) is 0 Å². The van der Waals surface area contributed by atoms with Crippen LogP contribution in [-0.2, 0) is 4.74 Å². The minimum atomic E-state index is -4.37. The number of rotatable bonds is 1. The third kappa shape index (κ3) is 2.17. The van der Waals surface area contributed by atoms with Gasteiger partial charge in [-0.05, 0) is 0 Å². The van der Waals surface area contributed by atoms with Gasteiger partial charge in [0.2, 0.25) is 0 Å². The molecule has 0 bridgehead atoms. The average molecular weight is 225 g/mol. The fourth-order valence-corrected chi connectivity index (χ4v) is 1.71. The van der Waals surface area contributed by atoms with E-state index in [0.29, 0.717) is 0 Å². The van der Waals surface area contributed by atoms with Gasteiger partial charge in [-0.2, -0.15) is 13.2 Å². The van der Waals surface area contributed by atoms with E-state index in [9.17, 15) is 13.2 Å². The third-order valence-corrected chi connectivity index (χ3v) is 2.82. The van der Waals surface area contributed by atoms with E-state index in [1.165, 1.54) is 4.90 Å². The summed E-state index contributed by atoms with van der Waals surface area (Å²) in [5, 5.41) is 7.11. The van der Waals surface area contributed by atoms with Gasteiger partial charge in [-0.3, -0.25) is 5.41 Å². The molecule has 0 amide bonds. The predicted octanol–water partition coefficient (Wildman–Crippen LogP) is 0.923. The number of methoxy groups -OCH3 is 1. The number of hydrogen-bond acceptors (Lipinski definition) is 2. The fraction of sp³-hybridized carbons (Fsp3) is 0.875. The molecule has 88 valence electrons. The second-order valence-electron chi connectivity index (χ2n) is 3.57. The number of piperidine rings is 1. The Balaban J connectivity index is 2.71. The first-order chi connectivity index (χ1) is 6.82. The van der Waals surface area contributed by atoms with E-state index in [-0.39, 0.29) is 31.9 Å². The van der Waals surface area contributed by atoms with Crippen molar-refractivity contribution in [1.82, 2.24) is 4.90 Å². The van der Waals surface area contributed by atoms with Gasteiger partial charge in [-0.15, -0.1) is 0 Å². The first kappa shape index (κ1) is 12.1. The molecule has 0 unspecified atom stereocenters. The van der Waals surface area contributed by atoms with Crippen LogP contribution in [0.2, 0.25) is 0 Å². The zero-order valence-corrected chi connectivity index (χ0v) is 8.40. The van der Waals surface area contributed by atoms with Crippen LogP contribution < -0.4 is 5.73 Å². The maximum Gasteiger partial charge on any atom is 0.417 e. The maximum absolute atomic E-state index is 12.7. The highest BCUT2D eigenvalue weighted by Crippen LogP contribution is 2.40. The van der Waals surface area contributed by atoms with E-state index < -0.39 is 11.8 Å². The van der Waals surface area contributed by atoms with E-state index in [0.717, 1.165) is 7.11 Å². The summed E-state index contributed by atoms with van der Waals surface area (Å²) in [5.41, 5.74) is 3.12. The van der Waals surface area contributed by atoms with Crippen LogP contribution >= 0.6 is 0 Å². The molecule has 1 aliphatic rings. The number of ether oxygens (including phenoxy) is 1. The van der Waals surface area contributed by atoms with E-state index in [2.05, 4.69) is 4.74 Å². The summed E-state index contributed by atoms with van der Waals surface area (Å²) >= 11 is 0. The lowest BCUT2D eigenvalue weighted by molar-refractivity contribution is -0.280. The summed E-state index contributed by atoms with van der Waals surface area (Å²) in [6.45, 7) is 0.200. The van der Waals surface area contributed by atoms with Crippen LogP contribution in [0, 0.1) is 5.41 Å². The summed E-state index contributed by atoms with van der Waals surface area (Å²) in [6.07, 6.45) is -4.75. The molecule has 1 rings (SSSR count). The second kappa shape index (κ2) is 3.88. The molecule has 0 radical (unpaired) electrons. The van der Waals surface area contributed by atoms with E-state index >= 15 is 0 Å². The lowest BCUT2D eigenvalue weighted by atomic mass is 9.90. The molecule has 1 aliphatic heterocycles. The number of hydrogen-bond donors (Lipinski definition) is 2. The third-order valence-electron chi connectivity index (χ3n) is 2.82. The molecule has 3 N–H and O–H groups in total. The summed E-state index contributed by atoms with van der Waals surface area (Å²) < 4.78 is 42.7. The summed E-state index contributed by atoms with van der Waals surface area (Å²) in [5.74, 6) is -0.193. The van der Waals surface area contributed by atoms with Gasteiger partial charge in [0.1, 0.15) is 0 Å². The smallest absolute Gasteiger partial charge is 0.370 e. The number of nitrogens with zero attached hydrogens (tertiary/aromatic N) is 1. The Kier molecular flexibility index (Phi) is 3.13. The Labute approximate surface area is 85.7 Å². The zero-order valence-electron chi connectivity index (χ0n) is 8.40. The SMILES string of the molecule is COC1(C(F)(F)F)CCN(C(=N)N)CC1. The molecule has 15 heavy (non-hydrogen) atoms. The average Bonchev–Trinajstić information content (AvgIpc) is 2.16. The molecule has 7 heteroatoms. The monoisotopic (exact) mass is 225 g/mol. The number of likely N-dealkylation sites (tertiary alicyclic amines) is 1. The highest BCUT2D eigenvalue weighted by Gasteiger charge is 2.56. The van der Waals surface area contributed by atoms with Crippen LogP contribution in [-0.4, -0.2) is 42.8 Å². The number of nitrogens with one attached hydrogen (secondary N) is 1. The minimum absolute atomic E-state index is 0.0999. The minimum Gasteiger partial charge on any atom is -0.370 e. The standard InChI is InChI=1S/C8H14F3N3O/c1-15-7(8(9,10)11)2-4-14(5-3-7)6(12)13/h2-5H2,1H3,(H3,12,13). The molecule has 1 fully saturated rings. The second-order valence-corrected chi connectivity index (χ2v) is 3.57. The molecule has 0 spiro atoms. The van der Waals surface area contributed by atoms with Crippen LogP contribution in [0.15, 0.2) is 0 Å². The summed E-state index contributed by atoms with van der Waals surface area (Å²) in [4.78, 5) is 1.41. The van der Waals surface area contributed by atoms with E-state index in [1.807, 2.05) is 0 Å². The van der Waals surface area contributed by atoms with Crippen LogP contribution in [0.1, 0.15) is 12.8 Å². The number of halogens is 3. The van der Waals surface area contributed by atoms with Crippen LogP contribution in [0.25, 0.3) is 0 Å². The Morgan fingerprint density at radius 2 is 1.87 bits per heavy atom. The van der Waals surface area contributed by atoms with Crippen molar-refractivity contribution >= 4 is 5.96 Å². The molecular weight excluding hydrogens is 211 g/mol. The molecule has 1 saturated heterocycles. The molecule has 0 aromatic heterocycles. The Morgan fingerprint density at radius 3 is 2.13 bits per heavy atom. The Hall–Kier alpha value is -0.980. The largest absolute Gasteiger partial charge is 0.417 e. The van der Waals surface area contributed by atoms with E-state index in [1.54, 1.807) is 0 Å². The Bertz CT molecular complexity index is 246. The summed E-state index contributed by atoms with van der Waals surface area (Å²) in [7, 11) is 1.07. The maximum atomic E-state index is 12.7. The first-order valence-corrected chi connectivity index (χ1v) is 4.53. The van der Waals surface area contributed by atoms with Crippen molar-refractivity contribution in [3.8, 4) is 0 Å². The molecular formula is C8H14F3N3O. The zero-order chi connectivity index (χ0) is 11.7. The van der Waals surface area contributed by atoms with Crippen LogP contribution in [0.4, 0.5) is 13.2 Å². The van der Waals surface area contributed by atoms with E-state index in [4.69, 9.17) is 11.1 Å². The Morgan fingerprint density at radius 1 is 1.40 bits per heavy atom. The highest BCUT2D eigenvalue weighted by atomic mass is 19.4. The first-order valence-electron chi connectivity index (χ1n) is 4.53. The van der Waals surface area contributed by atoms with Gasteiger partial charge < -0.3 is 15.4 Å². The van der Waals surface area contributed by atoms with Crippen molar-refractivity contribution in [3.63, 3.8) is 0 Å². The fourth-order valence-electron chi connectivity index (χ4n) is 1.71. The number of nitrogens with two attached hydrogens (primary N) is 1. The molecule has 0 atom stereocenters. The van der Waals surface area contributed by atoms with Crippen molar-refractivity contribution in [2.75, 3.05) is 20.2 Å². The van der Waals surface area contributed by atoms with Crippen molar-refractivity contribution in [2.45, 2.75) is 24.6 Å². The van der Waals surface area contributed by atoms with Crippen molar-refractivity contribution < 1.29 is 17.9 Å². The van der Waals surface area contributed by atoms with Crippen molar-refractivity contribution in [2.24, 2.45) is 5.73 Å². The predicted molar refractivity (Wildman–Crippen MR) is 48.5 cm³/mol. The molecule has 0 aliphatic carbocycles. The van der Waals surface area contributed by atoms with Gasteiger partial charge >= 0.3 is 6.18 Å². The lowest BCUT2D eigenvalue weighted by Gasteiger charge is -2.41. The van der Waals surface area contributed by atoms with Gasteiger partial charge in [-0.25, -0.2) is 0 Å². The molecule has 0 aromatic rings. The van der Waals surface area contributed by atoms with Crippen molar-refractivity contribution in [1.29, 1.82) is 5.41 Å². The van der Waals surface area contributed by atoms with Gasteiger partial charge in [0.15, 0.2) is 11.6 Å².